The largest absolute Gasteiger partial charge is 0.129 e. The van der Waals surface area contributed by atoms with Crippen LogP contribution in [0.25, 0.3) is 99.3 Å². The first-order valence-corrected chi connectivity index (χ1v) is 18.3. The summed E-state index contributed by atoms with van der Waals surface area (Å²) in [5, 5.41) is 21.8. The minimum Gasteiger partial charge on any atom is -0.129 e. The van der Waals surface area contributed by atoms with Crippen LogP contribution in [0, 0.1) is 0 Å². The average Bonchev–Trinajstić information content (AvgIpc) is 3.26. The molecule has 0 saturated carbocycles. The van der Waals surface area contributed by atoms with E-state index in [0.29, 0.717) is 0 Å². The van der Waals surface area contributed by atoms with Gasteiger partial charge < -0.3 is 0 Å². The Bertz CT molecular complexity index is 2940. The first-order valence-electron chi connectivity index (χ1n) is 18.3. The van der Waals surface area contributed by atoms with Crippen LogP contribution in [-0.2, 0) is 0 Å². The number of nitrogens with zero attached hydrogens (tertiary/aromatic N) is 3. The zero-order valence-corrected chi connectivity index (χ0v) is 29.4. The Hall–Kier alpha value is -7.23. The number of benzene rings is 9. The summed E-state index contributed by atoms with van der Waals surface area (Å²) in [6, 6.07) is 71.0. The summed E-state index contributed by atoms with van der Waals surface area (Å²) in [4.78, 5) is 0. The molecule has 252 valence electrons. The van der Waals surface area contributed by atoms with Crippen LogP contribution in [0.2, 0.25) is 0 Å². The van der Waals surface area contributed by atoms with E-state index in [0.717, 1.165) is 67.0 Å². The van der Waals surface area contributed by atoms with Gasteiger partial charge in [-0.15, -0.1) is 10.2 Å². The predicted octanol–water partition coefficient (Wildman–Crippen LogP) is 13.3. The molecule has 0 fully saturated rings. The maximum absolute atomic E-state index is 4.97. The van der Waals surface area contributed by atoms with Gasteiger partial charge in [0.25, 0.3) is 0 Å². The lowest BCUT2D eigenvalue weighted by Crippen LogP contribution is -2.03. The van der Waals surface area contributed by atoms with E-state index in [4.69, 9.17) is 10.2 Å². The highest BCUT2D eigenvalue weighted by atomic mass is 15.3. The van der Waals surface area contributed by atoms with Crippen LogP contribution >= 0.6 is 0 Å². The second-order valence-corrected chi connectivity index (χ2v) is 13.5. The Kier molecular flexibility index (Phi) is 7.81. The highest BCUT2D eigenvalue weighted by Gasteiger charge is 2.25. The molecule has 0 saturated heterocycles. The van der Waals surface area contributed by atoms with Crippen molar-refractivity contribution in [1.82, 2.24) is 15.4 Å². The maximum Gasteiger partial charge on any atom is 0.105 e. The zero-order chi connectivity index (χ0) is 35.8. The second-order valence-electron chi connectivity index (χ2n) is 13.5. The molecule has 10 aromatic rings. The van der Waals surface area contributed by atoms with Crippen LogP contribution in [0.1, 0.15) is 0 Å². The van der Waals surface area contributed by atoms with Crippen molar-refractivity contribution in [2.75, 3.05) is 0 Å². The minimum absolute atomic E-state index is 0.781. The van der Waals surface area contributed by atoms with Gasteiger partial charge in [-0.25, -0.2) is 0 Å². The molecule has 1 heterocycles. The number of fused-ring (bicyclic) bond motifs is 6. The van der Waals surface area contributed by atoms with E-state index in [1.54, 1.807) is 0 Å². The molecule has 0 aliphatic rings. The predicted molar refractivity (Wildman–Crippen MR) is 225 cm³/mol. The summed E-state index contributed by atoms with van der Waals surface area (Å²) in [5.74, 6) is 0. The molecule has 10 rings (SSSR count). The van der Waals surface area contributed by atoms with Gasteiger partial charge in [-0.2, -0.15) is 0 Å². The fourth-order valence-electron chi connectivity index (χ4n) is 8.19. The summed E-state index contributed by atoms with van der Waals surface area (Å²) >= 11 is 0. The molecule has 1 aromatic heterocycles. The number of hydrogen-bond acceptors (Lipinski definition) is 3. The lowest BCUT2D eigenvalue weighted by Gasteiger charge is -2.20. The zero-order valence-electron chi connectivity index (χ0n) is 29.4. The van der Waals surface area contributed by atoms with Crippen molar-refractivity contribution in [3.63, 3.8) is 0 Å². The smallest absolute Gasteiger partial charge is 0.105 e. The molecular weight excluding hydrogens is 655 g/mol. The van der Waals surface area contributed by atoms with Crippen molar-refractivity contribution in [2.45, 2.75) is 0 Å². The Morgan fingerprint density at radius 1 is 0.241 bits per heavy atom. The van der Waals surface area contributed by atoms with Crippen molar-refractivity contribution in [1.29, 1.82) is 0 Å². The van der Waals surface area contributed by atoms with Gasteiger partial charge in [0.05, 0.1) is 0 Å². The highest BCUT2D eigenvalue weighted by Crippen LogP contribution is 2.47. The minimum atomic E-state index is 0.781. The Labute approximate surface area is 313 Å². The lowest BCUT2D eigenvalue weighted by molar-refractivity contribution is 0.879. The average molecular weight is 688 g/mol. The van der Waals surface area contributed by atoms with E-state index in [1.165, 1.54) is 32.3 Å². The third kappa shape index (κ3) is 5.25. The molecular formula is C51H33N3. The normalized spacial score (nSPS) is 11.3. The van der Waals surface area contributed by atoms with Crippen molar-refractivity contribution >= 4 is 32.3 Å². The van der Waals surface area contributed by atoms with E-state index in [2.05, 4.69) is 199 Å². The van der Waals surface area contributed by atoms with Crippen LogP contribution in [0.15, 0.2) is 200 Å². The SMILES string of the molecule is c1ccc(-c2ccccc2-c2nnnc(-c3ccccc3-c3cccc4c5ccccc5c5ccccc5c34)c2-c2ccccc2-c2ccccc2)cc1. The third-order valence-corrected chi connectivity index (χ3v) is 10.6. The quantitative estimate of drug-likeness (QED) is 0.163. The van der Waals surface area contributed by atoms with E-state index in [9.17, 15) is 0 Å². The fraction of sp³-hybridized carbons (Fsp3) is 0. The molecule has 0 amide bonds. The number of hydrogen-bond donors (Lipinski definition) is 0. The van der Waals surface area contributed by atoms with E-state index in [1.807, 2.05) is 6.07 Å². The highest BCUT2D eigenvalue weighted by molar-refractivity contribution is 6.28. The Morgan fingerprint density at radius 2 is 0.593 bits per heavy atom. The van der Waals surface area contributed by atoms with Crippen LogP contribution < -0.4 is 0 Å². The van der Waals surface area contributed by atoms with Crippen LogP contribution in [0.3, 0.4) is 0 Å². The summed E-state index contributed by atoms with van der Waals surface area (Å²) < 4.78 is 0. The topological polar surface area (TPSA) is 38.7 Å². The third-order valence-electron chi connectivity index (χ3n) is 10.6. The summed E-state index contributed by atoms with van der Waals surface area (Å²) in [6.45, 7) is 0. The molecule has 0 unspecified atom stereocenters. The monoisotopic (exact) mass is 687 g/mol. The van der Waals surface area contributed by atoms with Crippen LogP contribution in [-0.4, -0.2) is 15.4 Å². The first kappa shape index (κ1) is 31.5. The summed E-state index contributed by atoms with van der Waals surface area (Å²) in [7, 11) is 0. The second kappa shape index (κ2) is 13.4. The van der Waals surface area contributed by atoms with Gasteiger partial charge in [-0.3, -0.25) is 0 Å². The van der Waals surface area contributed by atoms with Gasteiger partial charge >= 0.3 is 0 Å². The van der Waals surface area contributed by atoms with Gasteiger partial charge in [0.2, 0.25) is 0 Å². The standard InChI is InChI=1S/C51H33N3/c1-3-18-34(19-4-1)36-22-7-13-28-42(36)49-50(46-30-15-8-23-37(46)35-20-5-2-6-21-35)52-54-53-51(49)47-31-16-12-27-41(47)45-33-17-32-44-40-25-10-9-24-38(40)39-26-11-14-29-43(39)48(44)45/h1-33H. The lowest BCUT2D eigenvalue weighted by atomic mass is 9.84. The first-order chi connectivity index (χ1) is 26.8. The Balaban J connectivity index is 1.31. The molecule has 0 spiro atoms. The summed E-state index contributed by atoms with van der Waals surface area (Å²) in [5.41, 5.74) is 12.2. The molecule has 3 nitrogen and oxygen atoms in total. The van der Waals surface area contributed by atoms with Crippen molar-refractivity contribution in [3.05, 3.63) is 200 Å². The van der Waals surface area contributed by atoms with Crippen LogP contribution in [0.5, 0.6) is 0 Å². The van der Waals surface area contributed by atoms with Crippen molar-refractivity contribution in [2.24, 2.45) is 0 Å². The maximum atomic E-state index is 4.97. The summed E-state index contributed by atoms with van der Waals surface area (Å²) in [6.07, 6.45) is 0. The van der Waals surface area contributed by atoms with Gasteiger partial charge in [0.15, 0.2) is 0 Å². The number of aromatic nitrogens is 3. The van der Waals surface area contributed by atoms with E-state index < -0.39 is 0 Å². The molecule has 0 aliphatic carbocycles. The van der Waals surface area contributed by atoms with Crippen LogP contribution in [0.4, 0.5) is 0 Å². The Morgan fingerprint density at radius 3 is 1.15 bits per heavy atom. The molecule has 54 heavy (non-hydrogen) atoms. The van der Waals surface area contributed by atoms with Gasteiger partial charge in [0, 0.05) is 16.7 Å². The van der Waals surface area contributed by atoms with E-state index in [-0.39, 0.29) is 0 Å². The fourth-order valence-corrected chi connectivity index (χ4v) is 8.19. The number of rotatable bonds is 6. The molecule has 0 radical (unpaired) electrons. The van der Waals surface area contributed by atoms with Gasteiger partial charge in [-0.05, 0) is 76.5 Å². The molecule has 3 heteroatoms. The van der Waals surface area contributed by atoms with E-state index >= 15 is 0 Å². The molecule has 9 aromatic carbocycles. The molecule has 0 N–H and O–H groups in total. The molecule has 0 aliphatic heterocycles. The molecule has 0 bridgehead atoms. The van der Waals surface area contributed by atoms with Crippen molar-refractivity contribution < 1.29 is 0 Å². The van der Waals surface area contributed by atoms with Gasteiger partial charge in [0.1, 0.15) is 11.4 Å². The van der Waals surface area contributed by atoms with Crippen molar-refractivity contribution in [3.8, 4) is 67.0 Å². The molecule has 0 atom stereocenters. The van der Waals surface area contributed by atoms with Gasteiger partial charge in [-0.1, -0.05) is 200 Å².